The highest BCUT2D eigenvalue weighted by molar-refractivity contribution is 5.80. The van der Waals surface area contributed by atoms with Crippen LogP contribution in [0.15, 0.2) is 59.4 Å². The fourth-order valence-corrected chi connectivity index (χ4v) is 3.43. The van der Waals surface area contributed by atoms with Crippen molar-refractivity contribution in [3.63, 3.8) is 0 Å². The van der Waals surface area contributed by atoms with Crippen molar-refractivity contribution in [2.45, 2.75) is 20.3 Å². The number of fused-ring (bicyclic) bond motifs is 1. The SMILES string of the molecule is COc1ccc(-c2c(C)[nH]n3c(=O)c(Cc4ccccc4)c(C)nc23)cc1. The Morgan fingerprint density at radius 3 is 2.41 bits per heavy atom. The Bertz CT molecular complexity index is 1160. The second-order valence-corrected chi connectivity index (χ2v) is 6.64. The molecule has 2 aromatic carbocycles. The molecule has 1 N–H and O–H groups in total. The van der Waals surface area contributed by atoms with Gasteiger partial charge in [0.1, 0.15) is 5.75 Å². The van der Waals surface area contributed by atoms with Crippen molar-refractivity contribution in [2.75, 3.05) is 7.11 Å². The third kappa shape index (κ3) is 3.01. The Kier molecular flexibility index (Phi) is 4.28. The number of benzene rings is 2. The number of methoxy groups -OCH3 is 1. The molecular formula is C22H21N3O2. The minimum absolute atomic E-state index is 0.0517. The maximum Gasteiger partial charge on any atom is 0.276 e. The summed E-state index contributed by atoms with van der Waals surface area (Å²) in [4.78, 5) is 17.9. The molecule has 0 bridgehead atoms. The molecule has 0 radical (unpaired) electrons. The zero-order valence-corrected chi connectivity index (χ0v) is 15.6. The highest BCUT2D eigenvalue weighted by Crippen LogP contribution is 2.28. The largest absolute Gasteiger partial charge is 0.497 e. The molecule has 2 heterocycles. The van der Waals surface area contributed by atoms with Gasteiger partial charge in [0.15, 0.2) is 5.65 Å². The number of rotatable bonds is 4. The summed E-state index contributed by atoms with van der Waals surface area (Å²) in [5.41, 5.74) is 6.00. The summed E-state index contributed by atoms with van der Waals surface area (Å²) >= 11 is 0. The number of aromatic nitrogens is 3. The first-order valence-electron chi connectivity index (χ1n) is 8.87. The van der Waals surface area contributed by atoms with E-state index in [9.17, 15) is 4.79 Å². The van der Waals surface area contributed by atoms with Gasteiger partial charge in [-0.15, -0.1) is 0 Å². The third-order valence-electron chi connectivity index (χ3n) is 4.86. The van der Waals surface area contributed by atoms with Crippen LogP contribution in [0.3, 0.4) is 0 Å². The first-order valence-corrected chi connectivity index (χ1v) is 8.87. The Morgan fingerprint density at radius 2 is 1.74 bits per heavy atom. The van der Waals surface area contributed by atoms with E-state index >= 15 is 0 Å². The van der Waals surface area contributed by atoms with Gasteiger partial charge in [-0.3, -0.25) is 9.89 Å². The first-order chi connectivity index (χ1) is 13.1. The number of hydrogen-bond donors (Lipinski definition) is 1. The maximum absolute atomic E-state index is 13.1. The van der Waals surface area contributed by atoms with E-state index in [-0.39, 0.29) is 5.56 Å². The summed E-state index contributed by atoms with van der Waals surface area (Å²) in [6.07, 6.45) is 0.567. The van der Waals surface area contributed by atoms with E-state index in [1.165, 1.54) is 0 Å². The quantitative estimate of drug-likeness (QED) is 0.601. The van der Waals surface area contributed by atoms with Crippen molar-refractivity contribution in [3.05, 3.63) is 87.5 Å². The standard InChI is InChI=1S/C22H21N3O2/c1-14-19(13-16-7-5-4-6-8-16)22(26)25-21(23-14)20(15(2)24-25)17-9-11-18(27-3)12-10-17/h4-12,24H,13H2,1-3H3. The number of nitrogens with one attached hydrogen (secondary N) is 1. The molecule has 0 aliphatic carbocycles. The minimum atomic E-state index is -0.0517. The number of H-pyrrole nitrogens is 1. The van der Waals surface area contributed by atoms with Gasteiger partial charge in [0, 0.05) is 28.9 Å². The van der Waals surface area contributed by atoms with Crippen LogP contribution in [0.25, 0.3) is 16.8 Å². The maximum atomic E-state index is 13.1. The molecule has 2 aromatic heterocycles. The van der Waals surface area contributed by atoms with Gasteiger partial charge < -0.3 is 4.74 Å². The number of hydrogen-bond acceptors (Lipinski definition) is 3. The molecule has 0 unspecified atom stereocenters. The van der Waals surface area contributed by atoms with Crippen LogP contribution >= 0.6 is 0 Å². The average Bonchev–Trinajstić information content (AvgIpc) is 3.02. The Labute approximate surface area is 157 Å². The zero-order valence-electron chi connectivity index (χ0n) is 15.6. The molecule has 0 aliphatic heterocycles. The number of aromatic amines is 1. The normalized spacial score (nSPS) is 11.1. The molecule has 136 valence electrons. The number of aryl methyl sites for hydroxylation is 2. The summed E-state index contributed by atoms with van der Waals surface area (Å²) < 4.78 is 6.79. The van der Waals surface area contributed by atoms with Crippen molar-refractivity contribution in [2.24, 2.45) is 0 Å². The van der Waals surface area contributed by atoms with E-state index in [2.05, 4.69) is 5.10 Å². The molecule has 0 fully saturated rings. The molecule has 5 heteroatoms. The van der Waals surface area contributed by atoms with Crippen molar-refractivity contribution < 1.29 is 4.74 Å². The van der Waals surface area contributed by atoms with E-state index in [0.29, 0.717) is 17.6 Å². The van der Waals surface area contributed by atoms with Crippen LogP contribution in [0, 0.1) is 13.8 Å². The monoisotopic (exact) mass is 359 g/mol. The van der Waals surface area contributed by atoms with E-state index in [0.717, 1.165) is 33.8 Å². The highest BCUT2D eigenvalue weighted by Gasteiger charge is 2.17. The van der Waals surface area contributed by atoms with Crippen molar-refractivity contribution in [3.8, 4) is 16.9 Å². The molecule has 5 nitrogen and oxygen atoms in total. The Balaban J connectivity index is 1.86. The minimum Gasteiger partial charge on any atom is -0.497 e. The summed E-state index contributed by atoms with van der Waals surface area (Å²) in [7, 11) is 1.64. The van der Waals surface area contributed by atoms with Gasteiger partial charge in [0.05, 0.1) is 7.11 Å². The van der Waals surface area contributed by atoms with E-state index in [1.54, 1.807) is 11.6 Å². The third-order valence-corrected chi connectivity index (χ3v) is 4.86. The lowest BCUT2D eigenvalue weighted by Gasteiger charge is -2.07. The van der Waals surface area contributed by atoms with E-state index < -0.39 is 0 Å². The summed E-state index contributed by atoms with van der Waals surface area (Å²) in [6, 6.07) is 17.8. The summed E-state index contributed by atoms with van der Waals surface area (Å²) in [6.45, 7) is 3.86. The smallest absolute Gasteiger partial charge is 0.276 e. The fourth-order valence-electron chi connectivity index (χ4n) is 3.43. The average molecular weight is 359 g/mol. The van der Waals surface area contributed by atoms with Gasteiger partial charge in [0.25, 0.3) is 5.56 Å². The Hall–Kier alpha value is -3.34. The lowest BCUT2D eigenvalue weighted by atomic mass is 10.0. The highest BCUT2D eigenvalue weighted by atomic mass is 16.5. The number of nitrogens with zero attached hydrogens (tertiary/aromatic N) is 2. The Morgan fingerprint density at radius 1 is 1.04 bits per heavy atom. The van der Waals surface area contributed by atoms with Crippen LogP contribution in [-0.2, 0) is 6.42 Å². The van der Waals surface area contributed by atoms with Gasteiger partial charge >= 0.3 is 0 Å². The molecule has 0 spiro atoms. The van der Waals surface area contributed by atoms with Crippen LogP contribution in [0.1, 0.15) is 22.5 Å². The van der Waals surface area contributed by atoms with E-state index in [4.69, 9.17) is 9.72 Å². The summed E-state index contributed by atoms with van der Waals surface area (Å²) in [5.74, 6) is 0.794. The first kappa shape index (κ1) is 17.1. The molecule has 27 heavy (non-hydrogen) atoms. The fraction of sp³-hybridized carbons (Fsp3) is 0.182. The van der Waals surface area contributed by atoms with Gasteiger partial charge in [-0.2, -0.15) is 0 Å². The van der Waals surface area contributed by atoms with Crippen LogP contribution in [0.4, 0.5) is 0 Å². The molecule has 0 saturated heterocycles. The lowest BCUT2D eigenvalue weighted by Crippen LogP contribution is -2.22. The van der Waals surface area contributed by atoms with E-state index in [1.807, 2.05) is 68.4 Å². The second-order valence-electron chi connectivity index (χ2n) is 6.64. The van der Waals surface area contributed by atoms with Crippen LogP contribution in [0.5, 0.6) is 5.75 Å². The molecule has 0 aliphatic rings. The van der Waals surface area contributed by atoms with Crippen molar-refractivity contribution in [1.29, 1.82) is 0 Å². The second kappa shape index (κ2) is 6.76. The van der Waals surface area contributed by atoms with Crippen LogP contribution in [0.2, 0.25) is 0 Å². The van der Waals surface area contributed by atoms with Gasteiger partial charge in [-0.05, 0) is 37.1 Å². The molecular weight excluding hydrogens is 338 g/mol. The van der Waals surface area contributed by atoms with Gasteiger partial charge in [-0.1, -0.05) is 42.5 Å². The molecule has 4 aromatic rings. The molecule has 0 saturated carbocycles. The molecule has 0 amide bonds. The van der Waals surface area contributed by atoms with Gasteiger partial charge in [0.2, 0.25) is 0 Å². The zero-order chi connectivity index (χ0) is 19.0. The van der Waals surface area contributed by atoms with Crippen LogP contribution < -0.4 is 10.3 Å². The van der Waals surface area contributed by atoms with Crippen molar-refractivity contribution >= 4 is 5.65 Å². The predicted octanol–water partition coefficient (Wildman–Crippen LogP) is 3.91. The predicted molar refractivity (Wildman–Crippen MR) is 107 cm³/mol. The lowest BCUT2D eigenvalue weighted by molar-refractivity contribution is 0.415. The topological polar surface area (TPSA) is 59.4 Å². The molecule has 0 atom stereocenters. The van der Waals surface area contributed by atoms with Crippen molar-refractivity contribution in [1.82, 2.24) is 14.6 Å². The molecule has 4 rings (SSSR count). The summed E-state index contributed by atoms with van der Waals surface area (Å²) in [5, 5.41) is 3.19. The van der Waals surface area contributed by atoms with Gasteiger partial charge in [-0.25, -0.2) is 9.50 Å². The number of ether oxygens (including phenoxy) is 1. The van der Waals surface area contributed by atoms with Crippen LogP contribution in [-0.4, -0.2) is 21.7 Å².